The molecular weight excluding hydrogens is 354 g/mol. The minimum atomic E-state index is -0.470. The van der Waals surface area contributed by atoms with Gasteiger partial charge in [0.1, 0.15) is 18.2 Å². The van der Waals surface area contributed by atoms with Gasteiger partial charge in [0.05, 0.1) is 17.0 Å². The normalized spacial score (nSPS) is 12.9. The molecule has 0 spiro atoms. The molecular formula is C17H21N5O5. The zero-order chi connectivity index (χ0) is 20.0. The maximum atomic E-state index is 10.6. The number of ether oxygens (including phenoxy) is 1. The summed E-state index contributed by atoms with van der Waals surface area (Å²) in [6, 6.07) is 3.32. The Hall–Kier alpha value is -3.30. The number of methoxy groups -OCH3 is 1. The molecule has 1 fully saturated rings. The van der Waals surface area contributed by atoms with E-state index >= 15 is 0 Å². The Labute approximate surface area is 156 Å². The van der Waals surface area contributed by atoms with E-state index in [1.54, 1.807) is 19.9 Å². The van der Waals surface area contributed by atoms with Crippen molar-refractivity contribution in [3.05, 3.63) is 55.9 Å². The second-order valence-corrected chi connectivity index (χ2v) is 6.05. The van der Waals surface area contributed by atoms with E-state index in [4.69, 9.17) is 4.74 Å². The lowest BCUT2D eigenvalue weighted by atomic mass is 10.2. The zero-order valence-corrected chi connectivity index (χ0v) is 15.4. The predicted octanol–water partition coefficient (Wildman–Crippen LogP) is 3.21. The molecule has 1 aliphatic heterocycles. The molecule has 3 heterocycles. The Morgan fingerprint density at radius 2 is 1.48 bits per heavy atom. The SMILES string of the molecule is COc1cc(C)c([N+](=O)[O-])cn1.Cc1cc(N2CCCC2)ncc1[N+](=O)[O-]. The molecule has 0 unspecified atom stereocenters. The minimum Gasteiger partial charge on any atom is -0.481 e. The number of rotatable bonds is 4. The number of nitro groups is 2. The van der Waals surface area contributed by atoms with E-state index in [1.165, 1.54) is 38.4 Å². The molecule has 0 saturated carbocycles. The molecule has 3 rings (SSSR count). The molecule has 1 aliphatic rings. The lowest BCUT2D eigenvalue weighted by Gasteiger charge is -2.16. The summed E-state index contributed by atoms with van der Waals surface area (Å²) in [4.78, 5) is 30.1. The van der Waals surface area contributed by atoms with Crippen LogP contribution in [0.15, 0.2) is 24.5 Å². The first-order valence-corrected chi connectivity index (χ1v) is 8.34. The number of hydrogen-bond acceptors (Lipinski definition) is 8. The van der Waals surface area contributed by atoms with Gasteiger partial charge in [-0.25, -0.2) is 9.97 Å². The number of anilines is 1. The van der Waals surface area contributed by atoms with E-state index in [9.17, 15) is 20.2 Å². The fourth-order valence-electron chi connectivity index (χ4n) is 2.67. The Morgan fingerprint density at radius 3 is 1.93 bits per heavy atom. The molecule has 10 heteroatoms. The average Bonchev–Trinajstić information content (AvgIpc) is 3.16. The molecule has 0 amide bonds. The highest BCUT2D eigenvalue weighted by molar-refractivity contribution is 5.49. The van der Waals surface area contributed by atoms with Crippen LogP contribution in [0.25, 0.3) is 0 Å². The third-order valence-corrected chi connectivity index (χ3v) is 4.16. The van der Waals surface area contributed by atoms with Crippen LogP contribution in [0.1, 0.15) is 24.0 Å². The van der Waals surface area contributed by atoms with Crippen LogP contribution < -0.4 is 9.64 Å². The monoisotopic (exact) mass is 375 g/mol. The highest BCUT2D eigenvalue weighted by Crippen LogP contribution is 2.23. The van der Waals surface area contributed by atoms with Gasteiger partial charge in [0.2, 0.25) is 5.88 Å². The van der Waals surface area contributed by atoms with Gasteiger partial charge in [0, 0.05) is 30.3 Å². The zero-order valence-electron chi connectivity index (χ0n) is 15.4. The third kappa shape index (κ3) is 5.09. The smallest absolute Gasteiger partial charge is 0.290 e. The quantitative estimate of drug-likeness (QED) is 0.589. The summed E-state index contributed by atoms with van der Waals surface area (Å²) in [5, 5.41) is 21.0. The Bertz CT molecular complexity index is 836. The Kier molecular flexibility index (Phi) is 6.58. The molecule has 0 bridgehead atoms. The minimum absolute atomic E-state index is 0.0100. The third-order valence-electron chi connectivity index (χ3n) is 4.16. The van der Waals surface area contributed by atoms with Crippen LogP contribution in [0, 0.1) is 34.1 Å². The highest BCUT2D eigenvalue weighted by atomic mass is 16.6. The summed E-state index contributed by atoms with van der Waals surface area (Å²) >= 11 is 0. The van der Waals surface area contributed by atoms with Crippen LogP contribution in [0.3, 0.4) is 0 Å². The highest BCUT2D eigenvalue weighted by Gasteiger charge is 2.17. The average molecular weight is 375 g/mol. The fourth-order valence-corrected chi connectivity index (χ4v) is 2.67. The first-order valence-electron chi connectivity index (χ1n) is 8.34. The van der Waals surface area contributed by atoms with Gasteiger partial charge >= 0.3 is 0 Å². The van der Waals surface area contributed by atoms with Crippen molar-refractivity contribution in [2.75, 3.05) is 25.1 Å². The van der Waals surface area contributed by atoms with Gasteiger partial charge in [-0.1, -0.05) is 0 Å². The maximum absolute atomic E-state index is 10.6. The number of hydrogen-bond donors (Lipinski definition) is 0. The summed E-state index contributed by atoms with van der Waals surface area (Å²) in [5.74, 6) is 1.24. The Balaban J connectivity index is 0.000000199. The first kappa shape index (κ1) is 20.0. The van der Waals surface area contributed by atoms with Crippen molar-refractivity contribution in [3.63, 3.8) is 0 Å². The first-order chi connectivity index (χ1) is 12.8. The van der Waals surface area contributed by atoms with E-state index in [2.05, 4.69) is 14.9 Å². The molecule has 10 nitrogen and oxygen atoms in total. The van der Waals surface area contributed by atoms with Gasteiger partial charge in [-0.05, 0) is 32.8 Å². The van der Waals surface area contributed by atoms with Crippen LogP contribution in [0.2, 0.25) is 0 Å². The van der Waals surface area contributed by atoms with Gasteiger partial charge in [0.25, 0.3) is 11.4 Å². The van der Waals surface area contributed by atoms with Gasteiger partial charge in [-0.2, -0.15) is 0 Å². The van der Waals surface area contributed by atoms with Crippen molar-refractivity contribution in [3.8, 4) is 5.88 Å². The van der Waals surface area contributed by atoms with E-state index in [0.29, 0.717) is 17.0 Å². The second-order valence-electron chi connectivity index (χ2n) is 6.05. The fraction of sp³-hybridized carbons (Fsp3) is 0.412. The topological polar surface area (TPSA) is 125 Å². The molecule has 1 saturated heterocycles. The second kappa shape index (κ2) is 8.88. The van der Waals surface area contributed by atoms with Crippen LogP contribution in [0.4, 0.5) is 17.2 Å². The number of nitrogens with zero attached hydrogens (tertiary/aromatic N) is 5. The van der Waals surface area contributed by atoms with Crippen LogP contribution in [-0.2, 0) is 0 Å². The van der Waals surface area contributed by atoms with Gasteiger partial charge in [-0.15, -0.1) is 0 Å². The van der Waals surface area contributed by atoms with E-state index < -0.39 is 9.85 Å². The standard InChI is InChI=1S/C10H13N3O2.C7H8N2O3/c1-8-6-10(12-4-2-3-5-12)11-7-9(8)13(14)15;1-5-3-7(12-2)8-4-6(5)9(10)11/h6-7H,2-5H2,1H3;3-4H,1-2H3. The molecule has 2 aromatic rings. The molecule has 0 atom stereocenters. The van der Waals surface area contributed by atoms with Crippen molar-refractivity contribution >= 4 is 17.2 Å². The largest absolute Gasteiger partial charge is 0.481 e. The molecule has 2 aromatic heterocycles. The predicted molar refractivity (Wildman–Crippen MR) is 99.3 cm³/mol. The van der Waals surface area contributed by atoms with Crippen LogP contribution in [-0.4, -0.2) is 40.0 Å². The van der Waals surface area contributed by atoms with Crippen LogP contribution >= 0.6 is 0 Å². The molecule has 144 valence electrons. The van der Waals surface area contributed by atoms with E-state index in [1.807, 2.05) is 0 Å². The molecule has 27 heavy (non-hydrogen) atoms. The summed E-state index contributed by atoms with van der Waals surface area (Å²) in [5.41, 5.74) is 1.33. The lowest BCUT2D eigenvalue weighted by molar-refractivity contribution is -0.385. The number of aromatic nitrogens is 2. The van der Waals surface area contributed by atoms with E-state index in [0.717, 1.165) is 18.9 Å². The molecule has 0 aliphatic carbocycles. The molecule has 0 aromatic carbocycles. The summed E-state index contributed by atoms with van der Waals surface area (Å²) in [6.07, 6.45) is 4.90. The number of pyridine rings is 2. The number of aryl methyl sites for hydroxylation is 2. The maximum Gasteiger partial charge on any atom is 0.290 e. The van der Waals surface area contributed by atoms with Crippen molar-refractivity contribution in [2.45, 2.75) is 26.7 Å². The van der Waals surface area contributed by atoms with Crippen molar-refractivity contribution in [1.82, 2.24) is 9.97 Å². The Morgan fingerprint density at radius 1 is 0.963 bits per heavy atom. The lowest BCUT2D eigenvalue weighted by Crippen LogP contribution is -2.19. The van der Waals surface area contributed by atoms with Crippen molar-refractivity contribution < 1.29 is 14.6 Å². The van der Waals surface area contributed by atoms with Gasteiger partial charge in [0.15, 0.2) is 0 Å². The van der Waals surface area contributed by atoms with Crippen molar-refractivity contribution in [1.29, 1.82) is 0 Å². The molecule has 0 N–H and O–H groups in total. The van der Waals surface area contributed by atoms with Gasteiger partial charge in [-0.3, -0.25) is 20.2 Å². The molecule has 0 radical (unpaired) electrons. The van der Waals surface area contributed by atoms with Crippen LogP contribution in [0.5, 0.6) is 5.88 Å². The summed E-state index contributed by atoms with van der Waals surface area (Å²) in [6.45, 7) is 5.40. The van der Waals surface area contributed by atoms with Crippen molar-refractivity contribution in [2.24, 2.45) is 0 Å². The van der Waals surface area contributed by atoms with E-state index in [-0.39, 0.29) is 11.4 Å². The summed E-state index contributed by atoms with van der Waals surface area (Å²) in [7, 11) is 1.47. The summed E-state index contributed by atoms with van der Waals surface area (Å²) < 4.78 is 4.80. The van der Waals surface area contributed by atoms with Gasteiger partial charge < -0.3 is 9.64 Å².